The van der Waals surface area contributed by atoms with Gasteiger partial charge in [-0.1, -0.05) is 0 Å². The van der Waals surface area contributed by atoms with E-state index in [-0.39, 0.29) is 6.54 Å². The number of halogens is 1. The molecular formula is C8H11ClN2O5S. The number of nitrogens with zero attached hydrogens (tertiary/aromatic N) is 1. The Balaban J connectivity index is 3.16. The summed E-state index contributed by atoms with van der Waals surface area (Å²) in [4.78, 5) is 23.8. The van der Waals surface area contributed by atoms with Crippen LogP contribution in [0.4, 0.5) is 0 Å². The molecule has 0 aliphatic carbocycles. The Morgan fingerprint density at radius 3 is 2.65 bits per heavy atom. The summed E-state index contributed by atoms with van der Waals surface area (Å²) in [5.74, 6) is 0. The van der Waals surface area contributed by atoms with Crippen molar-refractivity contribution < 1.29 is 13.2 Å². The van der Waals surface area contributed by atoms with Crippen LogP contribution < -0.4 is 11.2 Å². The summed E-state index contributed by atoms with van der Waals surface area (Å²) in [6.07, 6.45) is 1.43. The Kier molecular flexibility index (Phi) is 4.49. The Labute approximate surface area is 101 Å². The van der Waals surface area contributed by atoms with Crippen LogP contribution in [0, 0.1) is 0 Å². The van der Waals surface area contributed by atoms with Gasteiger partial charge >= 0.3 is 5.69 Å². The van der Waals surface area contributed by atoms with Crippen molar-refractivity contribution in [1.29, 1.82) is 0 Å². The highest BCUT2D eigenvalue weighted by Gasteiger charge is 2.16. The minimum Gasteiger partial charge on any atom is -0.385 e. The molecule has 1 rings (SSSR count). The number of rotatable bonds is 5. The molecule has 7 nitrogen and oxygen atoms in total. The number of ether oxygens (including phenoxy) is 1. The lowest BCUT2D eigenvalue weighted by molar-refractivity contribution is 0.189. The number of H-pyrrole nitrogens is 1. The predicted octanol–water partition coefficient (Wildman–Crippen LogP) is -0.499. The van der Waals surface area contributed by atoms with E-state index in [1.54, 1.807) is 0 Å². The molecule has 0 radical (unpaired) electrons. The Morgan fingerprint density at radius 2 is 2.12 bits per heavy atom. The molecule has 0 unspecified atom stereocenters. The van der Waals surface area contributed by atoms with Crippen LogP contribution in [-0.2, 0) is 20.3 Å². The molecule has 0 aliphatic rings. The largest absolute Gasteiger partial charge is 0.385 e. The molecule has 1 aromatic heterocycles. The second-order valence-electron chi connectivity index (χ2n) is 3.23. The fraction of sp³-hybridized carbons (Fsp3) is 0.500. The van der Waals surface area contributed by atoms with E-state index >= 15 is 0 Å². The van der Waals surface area contributed by atoms with Gasteiger partial charge in [-0.15, -0.1) is 0 Å². The number of methoxy groups -OCH3 is 1. The summed E-state index contributed by atoms with van der Waals surface area (Å²) in [5.41, 5.74) is -1.71. The Morgan fingerprint density at radius 1 is 1.47 bits per heavy atom. The van der Waals surface area contributed by atoms with Crippen LogP contribution in [0.5, 0.6) is 0 Å². The first-order valence-electron chi connectivity index (χ1n) is 4.63. The SMILES string of the molecule is COCCCn1cc(S(=O)(=O)Cl)c(=O)[nH]c1=O. The lowest BCUT2D eigenvalue weighted by atomic mass is 10.4. The van der Waals surface area contributed by atoms with Crippen molar-refractivity contribution >= 4 is 19.7 Å². The van der Waals surface area contributed by atoms with Gasteiger partial charge in [-0.3, -0.25) is 14.3 Å². The lowest BCUT2D eigenvalue weighted by Gasteiger charge is -2.05. The molecular weight excluding hydrogens is 272 g/mol. The number of hydrogen-bond donors (Lipinski definition) is 1. The number of aromatic nitrogens is 2. The molecule has 0 amide bonds. The number of nitrogens with one attached hydrogen (secondary N) is 1. The molecule has 0 atom stereocenters. The summed E-state index contributed by atoms with van der Waals surface area (Å²) >= 11 is 0. The topological polar surface area (TPSA) is 98.2 Å². The van der Waals surface area contributed by atoms with Crippen LogP contribution >= 0.6 is 10.7 Å². The van der Waals surface area contributed by atoms with Crippen molar-refractivity contribution in [3.63, 3.8) is 0 Å². The van der Waals surface area contributed by atoms with Crippen LogP contribution in [0.25, 0.3) is 0 Å². The molecule has 0 saturated carbocycles. The van der Waals surface area contributed by atoms with E-state index in [1.165, 1.54) is 7.11 Å². The number of aromatic amines is 1. The predicted molar refractivity (Wildman–Crippen MR) is 60.9 cm³/mol. The van der Waals surface area contributed by atoms with Crippen LogP contribution in [0.2, 0.25) is 0 Å². The van der Waals surface area contributed by atoms with Crippen molar-refractivity contribution in [2.75, 3.05) is 13.7 Å². The van der Waals surface area contributed by atoms with Gasteiger partial charge in [-0.25, -0.2) is 13.2 Å². The van der Waals surface area contributed by atoms with Gasteiger partial charge in [-0.2, -0.15) is 0 Å². The average molecular weight is 283 g/mol. The van der Waals surface area contributed by atoms with Crippen molar-refractivity contribution in [3.8, 4) is 0 Å². The molecule has 1 N–H and O–H groups in total. The smallest absolute Gasteiger partial charge is 0.328 e. The van der Waals surface area contributed by atoms with Gasteiger partial charge in [-0.05, 0) is 6.42 Å². The molecule has 0 aromatic carbocycles. The minimum absolute atomic E-state index is 0.225. The first-order chi connectivity index (χ1) is 7.86. The quantitative estimate of drug-likeness (QED) is 0.580. The van der Waals surface area contributed by atoms with Gasteiger partial charge in [0.15, 0.2) is 4.90 Å². The van der Waals surface area contributed by atoms with E-state index in [0.717, 1.165) is 10.8 Å². The van der Waals surface area contributed by atoms with Gasteiger partial charge in [0.05, 0.1) is 0 Å². The van der Waals surface area contributed by atoms with Gasteiger partial charge < -0.3 is 4.74 Å². The minimum atomic E-state index is -4.17. The van der Waals surface area contributed by atoms with Crippen molar-refractivity contribution in [1.82, 2.24) is 9.55 Å². The van der Waals surface area contributed by atoms with Gasteiger partial charge in [0.2, 0.25) is 0 Å². The summed E-state index contributed by atoms with van der Waals surface area (Å²) < 4.78 is 28.0. The summed E-state index contributed by atoms with van der Waals surface area (Å²) in [5, 5.41) is 0. The van der Waals surface area contributed by atoms with Gasteiger partial charge in [0.25, 0.3) is 14.6 Å². The summed E-state index contributed by atoms with van der Waals surface area (Å²) in [6.45, 7) is 0.636. The second-order valence-corrected chi connectivity index (χ2v) is 5.76. The van der Waals surface area contributed by atoms with Crippen LogP contribution in [0.15, 0.2) is 20.7 Å². The van der Waals surface area contributed by atoms with E-state index in [0.29, 0.717) is 13.0 Å². The van der Waals surface area contributed by atoms with Crippen molar-refractivity contribution in [2.45, 2.75) is 17.9 Å². The van der Waals surface area contributed by atoms with E-state index < -0.39 is 25.2 Å². The molecule has 0 aliphatic heterocycles. The molecule has 17 heavy (non-hydrogen) atoms. The van der Waals surface area contributed by atoms with Crippen molar-refractivity contribution in [2.24, 2.45) is 0 Å². The molecule has 1 aromatic rings. The molecule has 0 fully saturated rings. The van der Waals surface area contributed by atoms with Crippen molar-refractivity contribution in [3.05, 3.63) is 27.0 Å². The first kappa shape index (κ1) is 13.9. The lowest BCUT2D eigenvalue weighted by Crippen LogP contribution is -2.32. The maximum absolute atomic E-state index is 11.3. The van der Waals surface area contributed by atoms with Crippen LogP contribution in [0.1, 0.15) is 6.42 Å². The monoisotopic (exact) mass is 282 g/mol. The van der Waals surface area contributed by atoms with E-state index in [1.807, 2.05) is 4.98 Å². The summed E-state index contributed by atoms with van der Waals surface area (Å²) in [6, 6.07) is 0. The second kappa shape index (κ2) is 5.48. The maximum atomic E-state index is 11.3. The molecule has 9 heteroatoms. The maximum Gasteiger partial charge on any atom is 0.328 e. The molecule has 96 valence electrons. The molecule has 1 heterocycles. The number of aryl methyl sites for hydroxylation is 1. The molecule has 0 saturated heterocycles. The zero-order valence-corrected chi connectivity index (χ0v) is 10.5. The Hall–Kier alpha value is -1.12. The highest BCUT2D eigenvalue weighted by atomic mass is 35.7. The van der Waals surface area contributed by atoms with Crippen LogP contribution in [0.3, 0.4) is 0 Å². The molecule has 0 bridgehead atoms. The fourth-order valence-electron chi connectivity index (χ4n) is 1.21. The fourth-order valence-corrected chi connectivity index (χ4v) is 2.06. The average Bonchev–Trinajstić information content (AvgIpc) is 2.19. The van der Waals surface area contributed by atoms with Crippen LogP contribution in [-0.4, -0.2) is 31.7 Å². The Bertz CT molecular complexity index is 603. The normalized spacial score (nSPS) is 11.6. The highest BCUT2D eigenvalue weighted by molar-refractivity contribution is 8.13. The third-order valence-electron chi connectivity index (χ3n) is 1.99. The summed E-state index contributed by atoms with van der Waals surface area (Å²) in [7, 11) is 2.40. The van der Waals surface area contributed by atoms with E-state index in [4.69, 9.17) is 15.4 Å². The van der Waals surface area contributed by atoms with Gasteiger partial charge in [0.1, 0.15) is 0 Å². The highest BCUT2D eigenvalue weighted by Crippen LogP contribution is 2.07. The first-order valence-corrected chi connectivity index (χ1v) is 6.94. The third-order valence-corrected chi connectivity index (χ3v) is 3.30. The molecule has 0 spiro atoms. The zero-order valence-electron chi connectivity index (χ0n) is 8.97. The standard InChI is InChI=1S/C8H11ClN2O5S/c1-16-4-2-3-11-5-6(17(9,14)15)7(12)10-8(11)13/h5H,2-4H2,1H3,(H,10,12,13). The zero-order chi connectivity index (χ0) is 13.1. The van der Waals surface area contributed by atoms with Gasteiger partial charge in [0, 0.05) is 37.1 Å². The third kappa shape index (κ3) is 3.69. The van der Waals surface area contributed by atoms with E-state index in [2.05, 4.69) is 0 Å². The van der Waals surface area contributed by atoms with E-state index in [9.17, 15) is 18.0 Å². The number of hydrogen-bond acceptors (Lipinski definition) is 5.